The van der Waals surface area contributed by atoms with E-state index >= 15 is 0 Å². The molecule has 4 rings (SSSR count). The van der Waals surface area contributed by atoms with Crippen LogP contribution in [0.2, 0.25) is 0 Å². The molecule has 0 bridgehead atoms. The van der Waals surface area contributed by atoms with Gasteiger partial charge in [0, 0.05) is 10.2 Å². The van der Waals surface area contributed by atoms with Gasteiger partial charge in [0.15, 0.2) is 6.61 Å². The van der Waals surface area contributed by atoms with Gasteiger partial charge in [-0.15, -0.1) is 0 Å². The average molecular weight is 537 g/mol. The van der Waals surface area contributed by atoms with E-state index < -0.39 is 0 Å². The van der Waals surface area contributed by atoms with Crippen LogP contribution in [-0.2, 0) is 16.1 Å². The molecule has 0 aromatic heterocycles. The Kier molecular flexibility index (Phi) is 7.49. The highest BCUT2D eigenvalue weighted by atomic mass is 79.9. The standard InChI is InChI=1S/C26H21BrN2O4S/c1-17-5-11-21(12-6-17)28-24(30)16-33-22-4-2-3-19(13-22)14-23-25(31)29(26(32)34-23)15-18-7-9-20(27)10-8-18/h2-14H,15-16H2,1H3,(H,28,30)/b23-14-. The van der Waals surface area contributed by atoms with Crippen molar-refractivity contribution in [3.63, 3.8) is 0 Å². The van der Waals surface area contributed by atoms with Gasteiger partial charge in [-0.1, -0.05) is 57.9 Å². The van der Waals surface area contributed by atoms with Gasteiger partial charge in [0.05, 0.1) is 11.4 Å². The lowest BCUT2D eigenvalue weighted by Gasteiger charge is -2.12. The third-order valence-corrected chi connectivity index (χ3v) is 6.42. The third kappa shape index (κ3) is 6.15. The Bertz CT molecular complexity index is 1260. The summed E-state index contributed by atoms with van der Waals surface area (Å²) in [4.78, 5) is 39.0. The fourth-order valence-corrected chi connectivity index (χ4v) is 4.34. The van der Waals surface area contributed by atoms with Crippen molar-refractivity contribution < 1.29 is 19.1 Å². The van der Waals surface area contributed by atoms with E-state index in [0.717, 1.165) is 27.4 Å². The fourth-order valence-electron chi connectivity index (χ4n) is 3.24. The number of amides is 3. The molecule has 8 heteroatoms. The number of halogens is 1. The van der Waals surface area contributed by atoms with Crippen LogP contribution < -0.4 is 10.1 Å². The Labute approximate surface area is 210 Å². The van der Waals surface area contributed by atoms with Gasteiger partial charge in [0.25, 0.3) is 17.1 Å². The van der Waals surface area contributed by atoms with Gasteiger partial charge in [0.2, 0.25) is 0 Å². The molecule has 0 aliphatic carbocycles. The molecule has 3 amide bonds. The van der Waals surface area contributed by atoms with Crippen molar-refractivity contribution in [3.05, 3.63) is 98.9 Å². The number of imide groups is 1. The molecule has 172 valence electrons. The minimum atomic E-state index is -0.332. The number of nitrogens with zero attached hydrogens (tertiary/aromatic N) is 1. The molecule has 0 unspecified atom stereocenters. The number of thioether (sulfide) groups is 1. The van der Waals surface area contributed by atoms with E-state index in [1.165, 1.54) is 4.90 Å². The number of hydrogen-bond donors (Lipinski definition) is 1. The Morgan fingerprint density at radius 1 is 1.06 bits per heavy atom. The first kappa shape index (κ1) is 23.8. The fraction of sp³-hybridized carbons (Fsp3) is 0.115. The van der Waals surface area contributed by atoms with Crippen molar-refractivity contribution in [3.8, 4) is 5.75 Å². The number of benzene rings is 3. The maximum Gasteiger partial charge on any atom is 0.293 e. The molecule has 3 aromatic carbocycles. The van der Waals surface area contributed by atoms with E-state index in [1.54, 1.807) is 24.3 Å². The first-order valence-corrected chi connectivity index (χ1v) is 12.1. The van der Waals surface area contributed by atoms with Crippen LogP contribution in [0.15, 0.2) is 82.2 Å². The average Bonchev–Trinajstić information content (AvgIpc) is 3.08. The molecule has 1 saturated heterocycles. The minimum absolute atomic E-state index is 0.152. The Morgan fingerprint density at radius 2 is 1.79 bits per heavy atom. The van der Waals surface area contributed by atoms with Gasteiger partial charge in [-0.25, -0.2) is 0 Å². The first-order chi connectivity index (χ1) is 16.4. The zero-order chi connectivity index (χ0) is 24.1. The monoisotopic (exact) mass is 536 g/mol. The van der Waals surface area contributed by atoms with Crippen molar-refractivity contribution in [2.75, 3.05) is 11.9 Å². The van der Waals surface area contributed by atoms with Crippen LogP contribution in [0.1, 0.15) is 16.7 Å². The smallest absolute Gasteiger partial charge is 0.293 e. The number of rotatable bonds is 7. The Morgan fingerprint density at radius 3 is 2.53 bits per heavy atom. The minimum Gasteiger partial charge on any atom is -0.484 e. The zero-order valence-electron chi connectivity index (χ0n) is 18.3. The quantitative estimate of drug-likeness (QED) is 0.374. The summed E-state index contributed by atoms with van der Waals surface area (Å²) in [5, 5.41) is 2.48. The second-order valence-corrected chi connectivity index (χ2v) is 9.58. The van der Waals surface area contributed by atoms with Crippen molar-refractivity contribution in [2.45, 2.75) is 13.5 Å². The summed E-state index contributed by atoms with van der Waals surface area (Å²) in [7, 11) is 0. The summed E-state index contributed by atoms with van der Waals surface area (Å²) in [5.74, 6) is -0.119. The van der Waals surface area contributed by atoms with Crippen molar-refractivity contribution in [2.24, 2.45) is 0 Å². The summed E-state index contributed by atoms with van der Waals surface area (Å²) in [5.41, 5.74) is 3.38. The van der Waals surface area contributed by atoms with Crippen LogP contribution in [0, 0.1) is 6.92 Å². The van der Waals surface area contributed by atoms with Gasteiger partial charge in [-0.2, -0.15) is 0 Å². The molecule has 0 spiro atoms. The van der Waals surface area contributed by atoms with Crippen LogP contribution in [0.4, 0.5) is 10.5 Å². The maximum atomic E-state index is 12.8. The molecule has 34 heavy (non-hydrogen) atoms. The lowest BCUT2D eigenvalue weighted by Crippen LogP contribution is -2.27. The topological polar surface area (TPSA) is 75.7 Å². The second kappa shape index (κ2) is 10.7. The molecule has 0 radical (unpaired) electrons. The summed E-state index contributed by atoms with van der Waals surface area (Å²) in [6.07, 6.45) is 1.66. The van der Waals surface area contributed by atoms with Crippen LogP contribution in [0.5, 0.6) is 5.75 Å². The molecule has 1 aliphatic heterocycles. The highest BCUT2D eigenvalue weighted by molar-refractivity contribution is 9.10. The summed E-state index contributed by atoms with van der Waals surface area (Å²) >= 11 is 4.29. The van der Waals surface area contributed by atoms with Crippen molar-refractivity contribution >= 4 is 56.5 Å². The van der Waals surface area contributed by atoms with E-state index in [0.29, 0.717) is 21.9 Å². The second-order valence-electron chi connectivity index (χ2n) is 7.67. The maximum absolute atomic E-state index is 12.8. The molecular formula is C26H21BrN2O4S. The molecule has 1 fully saturated rings. The van der Waals surface area contributed by atoms with Gasteiger partial charge >= 0.3 is 0 Å². The molecule has 3 aromatic rings. The van der Waals surface area contributed by atoms with E-state index in [9.17, 15) is 14.4 Å². The third-order valence-electron chi connectivity index (χ3n) is 4.99. The number of ether oxygens (including phenoxy) is 1. The molecule has 6 nitrogen and oxygen atoms in total. The Hall–Kier alpha value is -3.36. The highest BCUT2D eigenvalue weighted by Gasteiger charge is 2.34. The number of carbonyl (C=O) groups excluding carboxylic acids is 3. The van der Waals surface area contributed by atoms with Crippen molar-refractivity contribution in [1.29, 1.82) is 0 Å². The number of hydrogen-bond acceptors (Lipinski definition) is 5. The lowest BCUT2D eigenvalue weighted by atomic mass is 10.2. The number of nitrogens with one attached hydrogen (secondary N) is 1. The lowest BCUT2D eigenvalue weighted by molar-refractivity contribution is -0.123. The first-order valence-electron chi connectivity index (χ1n) is 10.5. The van der Waals surface area contributed by atoms with Gasteiger partial charge in [-0.05, 0) is 72.3 Å². The molecule has 0 saturated carbocycles. The molecule has 1 heterocycles. The van der Waals surface area contributed by atoms with Gasteiger partial charge in [-0.3, -0.25) is 19.3 Å². The molecular weight excluding hydrogens is 516 g/mol. The molecule has 1 N–H and O–H groups in total. The van der Waals surface area contributed by atoms with Crippen LogP contribution in [-0.4, -0.2) is 28.6 Å². The van der Waals surface area contributed by atoms with Crippen molar-refractivity contribution in [1.82, 2.24) is 4.90 Å². The summed E-state index contributed by atoms with van der Waals surface area (Å²) < 4.78 is 6.54. The highest BCUT2D eigenvalue weighted by Crippen LogP contribution is 2.33. The van der Waals surface area contributed by atoms with E-state index in [-0.39, 0.29) is 30.2 Å². The number of anilines is 1. The molecule has 1 aliphatic rings. The normalized spacial score (nSPS) is 14.5. The van der Waals surface area contributed by atoms with E-state index in [4.69, 9.17) is 4.74 Å². The van der Waals surface area contributed by atoms with Crippen LogP contribution >= 0.6 is 27.7 Å². The predicted octanol–water partition coefficient (Wildman–Crippen LogP) is 6.01. The molecule has 0 atom stereocenters. The van der Waals surface area contributed by atoms with Crippen LogP contribution in [0.25, 0.3) is 6.08 Å². The zero-order valence-corrected chi connectivity index (χ0v) is 20.7. The largest absolute Gasteiger partial charge is 0.484 e. The predicted molar refractivity (Wildman–Crippen MR) is 137 cm³/mol. The van der Waals surface area contributed by atoms with Crippen LogP contribution in [0.3, 0.4) is 0 Å². The number of carbonyl (C=O) groups is 3. The van der Waals surface area contributed by atoms with Gasteiger partial charge in [0.1, 0.15) is 5.75 Å². The van der Waals surface area contributed by atoms with Gasteiger partial charge < -0.3 is 10.1 Å². The number of aryl methyl sites for hydroxylation is 1. The van der Waals surface area contributed by atoms with E-state index in [1.807, 2.05) is 61.5 Å². The SMILES string of the molecule is Cc1ccc(NC(=O)COc2cccc(/C=C3\SC(=O)N(Cc4ccc(Br)cc4)C3=O)c2)cc1. The summed E-state index contributed by atoms with van der Waals surface area (Å²) in [6.45, 7) is 2.04. The Balaban J connectivity index is 1.38. The summed E-state index contributed by atoms with van der Waals surface area (Å²) in [6, 6.07) is 22.0. The van der Waals surface area contributed by atoms with E-state index in [2.05, 4.69) is 21.2 Å².